The van der Waals surface area contributed by atoms with Gasteiger partial charge in [-0.15, -0.1) is 0 Å². The summed E-state index contributed by atoms with van der Waals surface area (Å²) in [5, 5.41) is 0. The molecule has 1 aromatic rings. The number of nitrogens with one attached hydrogen (secondary N) is 1. The highest BCUT2D eigenvalue weighted by molar-refractivity contribution is 7.92. The Bertz CT molecular complexity index is 508. The summed E-state index contributed by atoms with van der Waals surface area (Å²) in [5.41, 5.74) is 1.84. The highest BCUT2D eigenvalue weighted by Gasteiger charge is 2.13. The minimum absolute atomic E-state index is 0.170. The van der Waals surface area contributed by atoms with E-state index in [4.69, 9.17) is 0 Å². The molecule has 4 nitrogen and oxygen atoms in total. The molecule has 1 fully saturated rings. The Hall–Kier alpha value is -1.07. The minimum atomic E-state index is -3.19. The standard InChI is InChI=1S/C14H22N2O2S/c1-2-10-19(17,18)15-14-7-5-6-13(11-14)12-16-8-3-4-9-16/h5-7,11,15H,2-4,8-10,12H2,1H3. The number of likely N-dealkylation sites (tertiary alicyclic amines) is 1. The summed E-state index contributed by atoms with van der Waals surface area (Å²) in [5.74, 6) is 0.170. The van der Waals surface area contributed by atoms with Crippen LogP contribution in [-0.4, -0.2) is 32.2 Å². The van der Waals surface area contributed by atoms with Crippen molar-refractivity contribution in [1.82, 2.24) is 4.90 Å². The summed E-state index contributed by atoms with van der Waals surface area (Å²) in [7, 11) is -3.19. The van der Waals surface area contributed by atoms with E-state index >= 15 is 0 Å². The largest absolute Gasteiger partial charge is 0.299 e. The maximum atomic E-state index is 11.7. The first-order valence-electron chi connectivity index (χ1n) is 6.91. The van der Waals surface area contributed by atoms with Crippen molar-refractivity contribution >= 4 is 15.7 Å². The van der Waals surface area contributed by atoms with E-state index in [9.17, 15) is 8.42 Å². The number of rotatable bonds is 6. The van der Waals surface area contributed by atoms with Crippen molar-refractivity contribution in [3.63, 3.8) is 0 Å². The molecule has 0 radical (unpaired) electrons. The summed E-state index contributed by atoms with van der Waals surface area (Å²) in [6, 6.07) is 7.71. The molecule has 1 N–H and O–H groups in total. The lowest BCUT2D eigenvalue weighted by atomic mass is 10.2. The van der Waals surface area contributed by atoms with Crippen LogP contribution in [0.3, 0.4) is 0 Å². The van der Waals surface area contributed by atoms with Gasteiger partial charge >= 0.3 is 0 Å². The van der Waals surface area contributed by atoms with Crippen LogP contribution in [0.4, 0.5) is 5.69 Å². The van der Waals surface area contributed by atoms with Crippen molar-refractivity contribution in [2.24, 2.45) is 0 Å². The second kappa shape index (κ2) is 6.39. The molecule has 106 valence electrons. The molecule has 5 heteroatoms. The number of nitrogens with zero attached hydrogens (tertiary/aromatic N) is 1. The third-order valence-corrected chi connectivity index (χ3v) is 4.77. The number of sulfonamides is 1. The van der Waals surface area contributed by atoms with Crippen LogP contribution >= 0.6 is 0 Å². The molecule has 1 saturated heterocycles. The van der Waals surface area contributed by atoms with E-state index in [0.717, 1.165) is 19.6 Å². The fourth-order valence-corrected chi connectivity index (χ4v) is 3.56. The van der Waals surface area contributed by atoms with E-state index in [1.54, 1.807) is 6.07 Å². The predicted octanol–water partition coefficient (Wildman–Crippen LogP) is 2.43. The van der Waals surface area contributed by atoms with Crippen LogP contribution < -0.4 is 4.72 Å². The van der Waals surface area contributed by atoms with Gasteiger partial charge in [0, 0.05) is 12.2 Å². The quantitative estimate of drug-likeness (QED) is 0.872. The van der Waals surface area contributed by atoms with E-state index in [1.807, 2.05) is 19.1 Å². The number of hydrogen-bond donors (Lipinski definition) is 1. The van der Waals surface area contributed by atoms with Crippen LogP contribution in [0.15, 0.2) is 24.3 Å². The third kappa shape index (κ3) is 4.51. The van der Waals surface area contributed by atoms with Gasteiger partial charge in [0.25, 0.3) is 0 Å². The van der Waals surface area contributed by atoms with Crippen molar-refractivity contribution in [2.45, 2.75) is 32.7 Å². The van der Waals surface area contributed by atoms with Crippen LogP contribution in [0.5, 0.6) is 0 Å². The van der Waals surface area contributed by atoms with Gasteiger partial charge in [-0.05, 0) is 50.0 Å². The molecular formula is C14H22N2O2S. The molecule has 1 aliphatic rings. The average Bonchev–Trinajstić information content (AvgIpc) is 2.81. The predicted molar refractivity (Wildman–Crippen MR) is 78.7 cm³/mol. The zero-order chi connectivity index (χ0) is 13.7. The fraction of sp³-hybridized carbons (Fsp3) is 0.571. The Kier molecular flexibility index (Phi) is 4.82. The molecule has 0 spiro atoms. The Morgan fingerprint density at radius 1 is 1.26 bits per heavy atom. The Labute approximate surface area is 115 Å². The van der Waals surface area contributed by atoms with E-state index in [1.165, 1.54) is 18.4 Å². The first-order chi connectivity index (χ1) is 9.09. The van der Waals surface area contributed by atoms with Gasteiger partial charge in [0.05, 0.1) is 5.75 Å². The van der Waals surface area contributed by atoms with Crippen molar-refractivity contribution in [3.8, 4) is 0 Å². The summed E-state index contributed by atoms with van der Waals surface area (Å²) in [4.78, 5) is 2.40. The first kappa shape index (κ1) is 14.3. The molecule has 0 unspecified atom stereocenters. The number of benzene rings is 1. The highest BCUT2D eigenvalue weighted by Crippen LogP contribution is 2.17. The second-order valence-electron chi connectivity index (χ2n) is 5.10. The molecule has 1 aromatic carbocycles. The van der Waals surface area contributed by atoms with E-state index < -0.39 is 10.0 Å². The molecule has 0 aliphatic carbocycles. The van der Waals surface area contributed by atoms with Crippen LogP contribution in [0.2, 0.25) is 0 Å². The lowest BCUT2D eigenvalue weighted by molar-refractivity contribution is 0.331. The lowest BCUT2D eigenvalue weighted by Crippen LogP contribution is -2.19. The van der Waals surface area contributed by atoms with E-state index in [2.05, 4.69) is 15.7 Å². The normalized spacial score (nSPS) is 16.7. The smallest absolute Gasteiger partial charge is 0.232 e. The molecule has 0 saturated carbocycles. The van der Waals surface area contributed by atoms with Crippen molar-refractivity contribution < 1.29 is 8.42 Å². The van der Waals surface area contributed by atoms with Crippen LogP contribution in [0, 0.1) is 0 Å². The fourth-order valence-electron chi connectivity index (χ4n) is 2.43. The van der Waals surface area contributed by atoms with Gasteiger partial charge in [0.15, 0.2) is 0 Å². The average molecular weight is 282 g/mol. The van der Waals surface area contributed by atoms with Crippen LogP contribution in [-0.2, 0) is 16.6 Å². The molecule has 19 heavy (non-hydrogen) atoms. The summed E-state index contributed by atoms with van der Waals surface area (Å²) in [6.07, 6.45) is 3.16. The molecule has 0 bridgehead atoms. The van der Waals surface area contributed by atoms with Crippen LogP contribution in [0.25, 0.3) is 0 Å². The maximum absolute atomic E-state index is 11.7. The van der Waals surface area contributed by atoms with Gasteiger partial charge in [-0.3, -0.25) is 9.62 Å². The van der Waals surface area contributed by atoms with E-state index in [-0.39, 0.29) is 5.75 Å². The van der Waals surface area contributed by atoms with Crippen molar-refractivity contribution in [1.29, 1.82) is 0 Å². The van der Waals surface area contributed by atoms with Gasteiger partial charge in [0.1, 0.15) is 0 Å². The summed E-state index contributed by atoms with van der Waals surface area (Å²) < 4.78 is 26.1. The summed E-state index contributed by atoms with van der Waals surface area (Å²) >= 11 is 0. The van der Waals surface area contributed by atoms with Gasteiger partial charge < -0.3 is 0 Å². The molecule has 0 aromatic heterocycles. The van der Waals surface area contributed by atoms with Gasteiger partial charge in [-0.25, -0.2) is 8.42 Å². The van der Waals surface area contributed by atoms with Crippen molar-refractivity contribution in [3.05, 3.63) is 29.8 Å². The first-order valence-corrected chi connectivity index (χ1v) is 8.56. The van der Waals surface area contributed by atoms with Gasteiger partial charge in [0.2, 0.25) is 10.0 Å². The monoisotopic (exact) mass is 282 g/mol. The summed E-state index contributed by atoms with van der Waals surface area (Å²) in [6.45, 7) is 5.06. The topological polar surface area (TPSA) is 49.4 Å². The van der Waals surface area contributed by atoms with E-state index in [0.29, 0.717) is 12.1 Å². The molecule has 2 rings (SSSR count). The number of anilines is 1. The van der Waals surface area contributed by atoms with Crippen molar-refractivity contribution in [2.75, 3.05) is 23.6 Å². The van der Waals surface area contributed by atoms with Crippen LogP contribution in [0.1, 0.15) is 31.7 Å². The SMILES string of the molecule is CCCS(=O)(=O)Nc1cccc(CN2CCCC2)c1. The molecule has 1 heterocycles. The number of hydrogen-bond acceptors (Lipinski definition) is 3. The molecular weight excluding hydrogens is 260 g/mol. The lowest BCUT2D eigenvalue weighted by Gasteiger charge is -2.15. The second-order valence-corrected chi connectivity index (χ2v) is 6.95. The maximum Gasteiger partial charge on any atom is 0.232 e. The molecule has 0 amide bonds. The van der Waals surface area contributed by atoms with Gasteiger partial charge in [-0.1, -0.05) is 19.1 Å². The minimum Gasteiger partial charge on any atom is -0.299 e. The molecule has 1 aliphatic heterocycles. The Morgan fingerprint density at radius 2 is 2.00 bits per heavy atom. The zero-order valence-electron chi connectivity index (χ0n) is 11.4. The third-order valence-electron chi connectivity index (χ3n) is 3.28. The van der Waals surface area contributed by atoms with Gasteiger partial charge in [-0.2, -0.15) is 0 Å². The highest BCUT2D eigenvalue weighted by atomic mass is 32.2. The zero-order valence-corrected chi connectivity index (χ0v) is 12.2. The Morgan fingerprint density at radius 3 is 2.68 bits per heavy atom. The molecule has 0 atom stereocenters. The Balaban J connectivity index is 2.02.